The molecule has 0 radical (unpaired) electrons. The van der Waals surface area contributed by atoms with Crippen LogP contribution in [0.25, 0.3) is 10.2 Å². The van der Waals surface area contributed by atoms with Gasteiger partial charge >= 0.3 is 5.97 Å². The Hall–Kier alpha value is -1.62. The summed E-state index contributed by atoms with van der Waals surface area (Å²) in [4.78, 5) is 26.0. The molecule has 5 heteroatoms. The van der Waals surface area contributed by atoms with Crippen LogP contribution in [0.5, 0.6) is 0 Å². The molecule has 0 bridgehead atoms. The Morgan fingerprint density at radius 2 is 2.29 bits per heavy atom. The zero-order valence-electron chi connectivity index (χ0n) is 7.37. The average Bonchev–Trinajstić information content (AvgIpc) is 2.59. The highest BCUT2D eigenvalue weighted by molar-refractivity contribution is 7.20. The normalized spacial score (nSPS) is 10.4. The van der Waals surface area contributed by atoms with E-state index in [4.69, 9.17) is 0 Å². The first kappa shape index (κ1) is 8.96. The number of esters is 1. The number of carbonyl (C=O) groups excluding carboxylic acids is 1. The molecule has 0 saturated heterocycles. The largest absolute Gasteiger partial charge is 0.465 e. The SMILES string of the molecule is COC(=O)c1cc2ccc(=O)[nH]c2s1. The minimum Gasteiger partial charge on any atom is -0.465 e. The van der Waals surface area contributed by atoms with E-state index < -0.39 is 0 Å². The molecule has 0 spiro atoms. The van der Waals surface area contributed by atoms with E-state index in [1.165, 1.54) is 24.5 Å². The first-order valence-electron chi connectivity index (χ1n) is 3.92. The minimum atomic E-state index is -0.382. The molecule has 2 rings (SSSR count). The predicted molar refractivity (Wildman–Crippen MR) is 53.8 cm³/mol. The number of hydrogen-bond acceptors (Lipinski definition) is 4. The first-order valence-corrected chi connectivity index (χ1v) is 4.73. The maximum atomic E-state index is 11.2. The van der Waals surface area contributed by atoms with Gasteiger partial charge in [0, 0.05) is 11.5 Å². The number of H-pyrrole nitrogens is 1. The van der Waals surface area contributed by atoms with Gasteiger partial charge in [-0.2, -0.15) is 0 Å². The lowest BCUT2D eigenvalue weighted by atomic mass is 10.3. The highest BCUT2D eigenvalue weighted by Crippen LogP contribution is 2.22. The molecule has 0 aromatic carbocycles. The summed E-state index contributed by atoms with van der Waals surface area (Å²) >= 11 is 1.21. The number of aromatic nitrogens is 1. The van der Waals surface area contributed by atoms with Crippen molar-refractivity contribution in [3.8, 4) is 0 Å². The Labute approximate surface area is 83.1 Å². The van der Waals surface area contributed by atoms with Crippen molar-refractivity contribution in [3.63, 3.8) is 0 Å². The lowest BCUT2D eigenvalue weighted by molar-refractivity contribution is 0.0606. The Morgan fingerprint density at radius 1 is 1.50 bits per heavy atom. The number of nitrogens with one attached hydrogen (secondary N) is 1. The summed E-state index contributed by atoms with van der Waals surface area (Å²) in [6.45, 7) is 0. The molecule has 0 aliphatic rings. The molecule has 1 N–H and O–H groups in total. The first-order chi connectivity index (χ1) is 6.70. The number of ether oxygens (including phenoxy) is 1. The topological polar surface area (TPSA) is 59.2 Å². The van der Waals surface area contributed by atoms with Crippen LogP contribution in [0.1, 0.15) is 9.67 Å². The number of methoxy groups -OCH3 is 1. The fourth-order valence-corrected chi connectivity index (χ4v) is 2.12. The van der Waals surface area contributed by atoms with E-state index in [0.717, 1.165) is 5.39 Å². The molecule has 2 heterocycles. The van der Waals surface area contributed by atoms with Gasteiger partial charge in [0.15, 0.2) is 0 Å². The summed E-state index contributed by atoms with van der Waals surface area (Å²) in [6.07, 6.45) is 0. The number of hydrogen-bond donors (Lipinski definition) is 1. The Morgan fingerprint density at radius 3 is 3.00 bits per heavy atom. The molecule has 0 aliphatic carbocycles. The van der Waals surface area contributed by atoms with Crippen molar-refractivity contribution in [3.05, 3.63) is 33.4 Å². The Kier molecular flexibility index (Phi) is 2.09. The van der Waals surface area contributed by atoms with E-state index in [1.54, 1.807) is 12.1 Å². The molecule has 0 aliphatic heterocycles. The molecule has 2 aromatic heterocycles. The predicted octanol–water partition coefficient (Wildman–Crippen LogP) is 1.38. The average molecular weight is 209 g/mol. The Balaban J connectivity index is 2.62. The number of thiophene rings is 1. The number of aromatic amines is 1. The van der Waals surface area contributed by atoms with Gasteiger partial charge in [-0.1, -0.05) is 0 Å². The van der Waals surface area contributed by atoms with Crippen LogP contribution in [0.15, 0.2) is 23.0 Å². The molecule has 72 valence electrons. The number of pyridine rings is 1. The third-order valence-electron chi connectivity index (χ3n) is 1.80. The van der Waals surface area contributed by atoms with Gasteiger partial charge in [-0.25, -0.2) is 4.79 Å². The fraction of sp³-hybridized carbons (Fsp3) is 0.111. The molecule has 14 heavy (non-hydrogen) atoms. The summed E-state index contributed by atoms with van der Waals surface area (Å²) in [5.74, 6) is -0.382. The fourth-order valence-electron chi connectivity index (χ4n) is 1.15. The molecule has 4 nitrogen and oxygen atoms in total. The van der Waals surface area contributed by atoms with E-state index in [9.17, 15) is 9.59 Å². The number of fused-ring (bicyclic) bond motifs is 1. The smallest absolute Gasteiger partial charge is 0.348 e. The third-order valence-corrected chi connectivity index (χ3v) is 2.84. The van der Waals surface area contributed by atoms with Crippen LogP contribution in [0.4, 0.5) is 0 Å². The van der Waals surface area contributed by atoms with Crippen LogP contribution in [-0.4, -0.2) is 18.1 Å². The molecule has 0 amide bonds. The zero-order valence-corrected chi connectivity index (χ0v) is 8.18. The van der Waals surface area contributed by atoms with Gasteiger partial charge in [0.1, 0.15) is 9.71 Å². The van der Waals surface area contributed by atoms with Gasteiger partial charge in [0.2, 0.25) is 5.56 Å². The molecule has 0 fully saturated rings. The maximum absolute atomic E-state index is 11.2. The van der Waals surface area contributed by atoms with Crippen molar-refractivity contribution in [2.75, 3.05) is 7.11 Å². The van der Waals surface area contributed by atoms with Gasteiger partial charge in [0.25, 0.3) is 0 Å². The highest BCUT2D eigenvalue weighted by Gasteiger charge is 2.09. The van der Waals surface area contributed by atoms with Gasteiger partial charge in [-0.05, 0) is 12.1 Å². The summed E-state index contributed by atoms with van der Waals surface area (Å²) in [5, 5.41) is 0.843. The lowest BCUT2D eigenvalue weighted by Gasteiger charge is -1.90. The van der Waals surface area contributed by atoms with Crippen LogP contribution in [0.3, 0.4) is 0 Å². The second-order valence-corrected chi connectivity index (χ2v) is 3.76. The molecule has 0 saturated carbocycles. The van der Waals surface area contributed by atoms with E-state index in [-0.39, 0.29) is 11.5 Å². The summed E-state index contributed by atoms with van der Waals surface area (Å²) in [5.41, 5.74) is -0.171. The highest BCUT2D eigenvalue weighted by atomic mass is 32.1. The monoisotopic (exact) mass is 209 g/mol. The summed E-state index contributed by atoms with van der Waals surface area (Å²) in [6, 6.07) is 4.80. The molecular weight excluding hydrogens is 202 g/mol. The quantitative estimate of drug-likeness (QED) is 0.722. The van der Waals surface area contributed by atoms with Crippen molar-refractivity contribution in [2.24, 2.45) is 0 Å². The summed E-state index contributed by atoms with van der Waals surface area (Å²) in [7, 11) is 1.33. The lowest BCUT2D eigenvalue weighted by Crippen LogP contribution is -2.00. The van der Waals surface area contributed by atoms with E-state index in [0.29, 0.717) is 9.71 Å². The van der Waals surface area contributed by atoms with Gasteiger partial charge in [0.05, 0.1) is 7.11 Å². The van der Waals surface area contributed by atoms with Crippen molar-refractivity contribution < 1.29 is 9.53 Å². The second-order valence-electron chi connectivity index (χ2n) is 2.71. The minimum absolute atomic E-state index is 0.171. The van der Waals surface area contributed by atoms with E-state index in [1.807, 2.05) is 0 Å². The van der Waals surface area contributed by atoms with Crippen molar-refractivity contribution in [1.29, 1.82) is 0 Å². The van der Waals surface area contributed by atoms with Crippen LogP contribution in [0, 0.1) is 0 Å². The summed E-state index contributed by atoms with van der Waals surface area (Å²) < 4.78 is 4.58. The maximum Gasteiger partial charge on any atom is 0.348 e. The van der Waals surface area contributed by atoms with Crippen molar-refractivity contribution >= 4 is 27.5 Å². The van der Waals surface area contributed by atoms with Crippen molar-refractivity contribution in [1.82, 2.24) is 4.98 Å². The van der Waals surface area contributed by atoms with Crippen LogP contribution in [0.2, 0.25) is 0 Å². The van der Waals surface area contributed by atoms with Crippen LogP contribution < -0.4 is 5.56 Å². The standard InChI is InChI=1S/C9H7NO3S/c1-13-9(12)6-4-5-2-3-7(11)10-8(5)14-6/h2-4H,1H3,(H,10,11). The van der Waals surface area contributed by atoms with Gasteiger partial charge < -0.3 is 9.72 Å². The number of carbonyl (C=O) groups is 1. The molecular formula is C9H7NO3S. The van der Waals surface area contributed by atoms with Crippen LogP contribution in [-0.2, 0) is 4.74 Å². The van der Waals surface area contributed by atoms with Gasteiger partial charge in [-0.15, -0.1) is 11.3 Å². The van der Waals surface area contributed by atoms with E-state index in [2.05, 4.69) is 9.72 Å². The Bertz CT molecular complexity index is 540. The molecule has 2 aromatic rings. The molecule has 0 atom stereocenters. The van der Waals surface area contributed by atoms with E-state index >= 15 is 0 Å². The van der Waals surface area contributed by atoms with Crippen LogP contribution >= 0.6 is 11.3 Å². The zero-order chi connectivity index (χ0) is 10.1. The van der Waals surface area contributed by atoms with Gasteiger partial charge in [-0.3, -0.25) is 4.79 Å². The number of rotatable bonds is 1. The second kappa shape index (κ2) is 3.26. The molecule has 0 unspecified atom stereocenters. The third kappa shape index (κ3) is 1.42. The van der Waals surface area contributed by atoms with Crippen molar-refractivity contribution in [2.45, 2.75) is 0 Å².